The molecule has 0 N–H and O–H groups in total. The van der Waals surface area contributed by atoms with Gasteiger partial charge in [0.1, 0.15) is 0 Å². The number of likely N-dealkylation sites (tertiary alicyclic amines) is 2. The van der Waals surface area contributed by atoms with E-state index in [9.17, 15) is 0 Å². The fourth-order valence-corrected chi connectivity index (χ4v) is 3.33. The van der Waals surface area contributed by atoms with Gasteiger partial charge >= 0.3 is 0 Å². The molecule has 0 saturated carbocycles. The van der Waals surface area contributed by atoms with Crippen LogP contribution in [-0.2, 0) is 0 Å². The van der Waals surface area contributed by atoms with Crippen molar-refractivity contribution in [2.75, 3.05) is 39.3 Å². The van der Waals surface area contributed by atoms with Gasteiger partial charge in [-0.1, -0.05) is 6.42 Å². The van der Waals surface area contributed by atoms with Crippen molar-refractivity contribution >= 4 is 0 Å². The standard InChI is InChI=1S/C15H26N4/c1-14-11-16-19(12-14)15-5-8-18(13-15)10-9-17-6-3-2-4-7-17/h11-12,15H,2-10,13H2,1H3. The zero-order valence-electron chi connectivity index (χ0n) is 12.1. The molecule has 0 bridgehead atoms. The van der Waals surface area contributed by atoms with Gasteiger partial charge in [-0.2, -0.15) is 5.10 Å². The second kappa shape index (κ2) is 6.06. The highest BCUT2D eigenvalue weighted by molar-refractivity contribution is 5.01. The van der Waals surface area contributed by atoms with E-state index in [0.29, 0.717) is 6.04 Å². The van der Waals surface area contributed by atoms with Gasteiger partial charge in [0.05, 0.1) is 12.2 Å². The maximum Gasteiger partial charge on any atom is 0.0658 e. The van der Waals surface area contributed by atoms with Gasteiger partial charge in [0, 0.05) is 32.4 Å². The van der Waals surface area contributed by atoms with Crippen molar-refractivity contribution in [3.05, 3.63) is 18.0 Å². The lowest BCUT2D eigenvalue weighted by molar-refractivity contribution is 0.193. The maximum atomic E-state index is 4.46. The minimum absolute atomic E-state index is 0.593. The Morgan fingerprint density at radius 2 is 1.89 bits per heavy atom. The van der Waals surface area contributed by atoms with Gasteiger partial charge in [0.25, 0.3) is 0 Å². The first kappa shape index (κ1) is 13.1. The van der Waals surface area contributed by atoms with Crippen molar-refractivity contribution in [1.82, 2.24) is 19.6 Å². The van der Waals surface area contributed by atoms with Gasteiger partial charge < -0.3 is 4.90 Å². The van der Waals surface area contributed by atoms with Crippen LogP contribution in [0.4, 0.5) is 0 Å². The zero-order valence-corrected chi connectivity index (χ0v) is 12.1. The maximum absolute atomic E-state index is 4.46. The fourth-order valence-electron chi connectivity index (χ4n) is 3.33. The van der Waals surface area contributed by atoms with E-state index >= 15 is 0 Å². The lowest BCUT2D eigenvalue weighted by Crippen LogP contribution is -2.37. The van der Waals surface area contributed by atoms with Crippen LogP contribution in [0.1, 0.15) is 37.3 Å². The molecule has 0 amide bonds. The van der Waals surface area contributed by atoms with Crippen LogP contribution < -0.4 is 0 Å². The van der Waals surface area contributed by atoms with Crippen LogP contribution in [0.25, 0.3) is 0 Å². The Kier molecular flexibility index (Phi) is 4.18. The largest absolute Gasteiger partial charge is 0.302 e. The van der Waals surface area contributed by atoms with Crippen LogP contribution in [0.3, 0.4) is 0 Å². The van der Waals surface area contributed by atoms with Crippen molar-refractivity contribution in [2.24, 2.45) is 0 Å². The fraction of sp³-hybridized carbons (Fsp3) is 0.800. The van der Waals surface area contributed by atoms with Crippen LogP contribution in [0.15, 0.2) is 12.4 Å². The number of hydrogen-bond acceptors (Lipinski definition) is 3. The third-order valence-electron chi connectivity index (χ3n) is 4.53. The number of nitrogens with zero attached hydrogens (tertiary/aromatic N) is 4. The van der Waals surface area contributed by atoms with E-state index in [-0.39, 0.29) is 0 Å². The van der Waals surface area contributed by atoms with Crippen LogP contribution >= 0.6 is 0 Å². The van der Waals surface area contributed by atoms with Crippen molar-refractivity contribution in [3.8, 4) is 0 Å². The third-order valence-corrected chi connectivity index (χ3v) is 4.53. The second-order valence-electron chi connectivity index (χ2n) is 6.14. The molecule has 1 atom stereocenters. The summed E-state index contributed by atoms with van der Waals surface area (Å²) in [5, 5.41) is 4.46. The quantitative estimate of drug-likeness (QED) is 0.828. The highest BCUT2D eigenvalue weighted by Gasteiger charge is 2.24. The Labute approximate surface area is 116 Å². The zero-order chi connectivity index (χ0) is 13.1. The SMILES string of the molecule is Cc1cnn(C2CCN(CCN3CCCCC3)C2)c1. The molecule has 106 valence electrons. The van der Waals surface area contributed by atoms with Crippen molar-refractivity contribution in [3.63, 3.8) is 0 Å². The summed E-state index contributed by atoms with van der Waals surface area (Å²) in [7, 11) is 0. The lowest BCUT2D eigenvalue weighted by atomic mass is 10.1. The highest BCUT2D eigenvalue weighted by Crippen LogP contribution is 2.21. The Balaban J connectivity index is 1.44. The first-order chi connectivity index (χ1) is 9.31. The molecule has 3 heterocycles. The molecule has 0 aliphatic carbocycles. The predicted octanol–water partition coefficient (Wildman–Crippen LogP) is 1.92. The first-order valence-corrected chi connectivity index (χ1v) is 7.77. The molecule has 2 fully saturated rings. The monoisotopic (exact) mass is 262 g/mol. The average molecular weight is 262 g/mol. The number of piperidine rings is 1. The molecular weight excluding hydrogens is 236 g/mol. The molecule has 19 heavy (non-hydrogen) atoms. The van der Waals surface area contributed by atoms with E-state index in [1.54, 1.807) is 0 Å². The van der Waals surface area contributed by atoms with Gasteiger partial charge in [0.2, 0.25) is 0 Å². The number of hydrogen-bond donors (Lipinski definition) is 0. The summed E-state index contributed by atoms with van der Waals surface area (Å²) in [6.07, 6.45) is 9.63. The van der Waals surface area contributed by atoms with Crippen molar-refractivity contribution < 1.29 is 0 Å². The van der Waals surface area contributed by atoms with E-state index in [1.165, 1.54) is 70.5 Å². The molecule has 2 saturated heterocycles. The van der Waals surface area contributed by atoms with Gasteiger partial charge in [-0.25, -0.2) is 0 Å². The van der Waals surface area contributed by atoms with E-state index in [1.807, 2.05) is 6.20 Å². The van der Waals surface area contributed by atoms with Crippen LogP contribution in [0, 0.1) is 6.92 Å². The molecule has 2 aliphatic rings. The summed E-state index contributed by atoms with van der Waals surface area (Å²) in [5.74, 6) is 0. The van der Waals surface area contributed by atoms with Crippen LogP contribution in [-0.4, -0.2) is 58.8 Å². The number of rotatable bonds is 4. The van der Waals surface area contributed by atoms with E-state index in [0.717, 1.165) is 0 Å². The first-order valence-electron chi connectivity index (χ1n) is 7.77. The predicted molar refractivity (Wildman–Crippen MR) is 77.3 cm³/mol. The van der Waals surface area contributed by atoms with Crippen molar-refractivity contribution in [2.45, 2.75) is 38.6 Å². The second-order valence-corrected chi connectivity index (χ2v) is 6.14. The van der Waals surface area contributed by atoms with Crippen LogP contribution in [0.2, 0.25) is 0 Å². The van der Waals surface area contributed by atoms with E-state index in [4.69, 9.17) is 0 Å². The minimum atomic E-state index is 0.593. The molecule has 1 unspecified atom stereocenters. The van der Waals surface area contributed by atoms with Gasteiger partial charge in [-0.05, 0) is 44.8 Å². The lowest BCUT2D eigenvalue weighted by Gasteiger charge is -2.28. The molecule has 0 spiro atoms. The van der Waals surface area contributed by atoms with Gasteiger partial charge in [-0.15, -0.1) is 0 Å². The topological polar surface area (TPSA) is 24.3 Å². The minimum Gasteiger partial charge on any atom is -0.302 e. The molecule has 2 aliphatic heterocycles. The van der Waals surface area contributed by atoms with Crippen LogP contribution in [0.5, 0.6) is 0 Å². The normalized spacial score (nSPS) is 26.1. The van der Waals surface area contributed by atoms with E-state index < -0.39 is 0 Å². The van der Waals surface area contributed by atoms with Crippen molar-refractivity contribution in [1.29, 1.82) is 0 Å². The molecule has 3 rings (SSSR count). The molecule has 4 nitrogen and oxygen atoms in total. The number of aromatic nitrogens is 2. The summed E-state index contributed by atoms with van der Waals surface area (Å²) in [5.41, 5.74) is 1.27. The Bertz CT molecular complexity index is 395. The smallest absolute Gasteiger partial charge is 0.0658 e. The summed E-state index contributed by atoms with van der Waals surface area (Å²) >= 11 is 0. The Hall–Kier alpha value is -0.870. The average Bonchev–Trinajstić information content (AvgIpc) is 3.06. The summed E-state index contributed by atoms with van der Waals surface area (Å²) in [6.45, 7) is 9.64. The molecule has 0 radical (unpaired) electrons. The summed E-state index contributed by atoms with van der Waals surface area (Å²) in [6, 6.07) is 0.593. The van der Waals surface area contributed by atoms with Gasteiger partial charge in [-0.3, -0.25) is 9.58 Å². The molecule has 1 aromatic heterocycles. The molecule has 1 aromatic rings. The van der Waals surface area contributed by atoms with E-state index in [2.05, 4.69) is 32.7 Å². The molecule has 0 aromatic carbocycles. The number of aryl methyl sites for hydroxylation is 1. The summed E-state index contributed by atoms with van der Waals surface area (Å²) < 4.78 is 2.16. The molecular formula is C15H26N4. The van der Waals surface area contributed by atoms with Gasteiger partial charge in [0.15, 0.2) is 0 Å². The Morgan fingerprint density at radius 3 is 2.63 bits per heavy atom. The third kappa shape index (κ3) is 3.37. The molecule has 4 heteroatoms. The Morgan fingerprint density at radius 1 is 1.11 bits per heavy atom. The highest BCUT2D eigenvalue weighted by atomic mass is 15.3. The summed E-state index contributed by atoms with van der Waals surface area (Å²) in [4.78, 5) is 5.24.